The van der Waals surface area contributed by atoms with Gasteiger partial charge in [-0.2, -0.15) is 0 Å². The van der Waals surface area contributed by atoms with E-state index in [1.54, 1.807) is 0 Å². The average Bonchev–Trinajstić information content (AvgIpc) is 2.31. The summed E-state index contributed by atoms with van der Waals surface area (Å²) in [6.45, 7) is 14.0. The van der Waals surface area contributed by atoms with Gasteiger partial charge >= 0.3 is 0 Å². The van der Waals surface area contributed by atoms with Crippen molar-refractivity contribution >= 4 is 0 Å². The summed E-state index contributed by atoms with van der Waals surface area (Å²) in [5, 5.41) is 3.61. The standard InChI is InChI=1S/C13H28N2O/c1-5-13(6-2)11-14-12(4)10-15(13)8-9-16-7-3/h12,14H,5-11H2,1-4H3. The highest BCUT2D eigenvalue weighted by atomic mass is 16.5. The van der Waals surface area contributed by atoms with E-state index in [9.17, 15) is 0 Å². The lowest BCUT2D eigenvalue weighted by atomic mass is 9.87. The van der Waals surface area contributed by atoms with Crippen LogP contribution in [0.4, 0.5) is 0 Å². The van der Waals surface area contributed by atoms with Crippen molar-refractivity contribution < 1.29 is 4.74 Å². The van der Waals surface area contributed by atoms with E-state index in [0.29, 0.717) is 11.6 Å². The Morgan fingerprint density at radius 2 is 2.00 bits per heavy atom. The van der Waals surface area contributed by atoms with Gasteiger partial charge in [-0.15, -0.1) is 0 Å². The van der Waals surface area contributed by atoms with Crippen LogP contribution < -0.4 is 5.32 Å². The summed E-state index contributed by atoms with van der Waals surface area (Å²) >= 11 is 0. The molecule has 1 aliphatic rings. The lowest BCUT2D eigenvalue weighted by Crippen LogP contribution is -2.64. The Balaban J connectivity index is 2.57. The predicted octanol–water partition coefficient (Wildman–Crippen LogP) is 1.88. The van der Waals surface area contributed by atoms with Crippen molar-refractivity contribution in [1.29, 1.82) is 0 Å². The third-order valence-corrected chi connectivity index (χ3v) is 3.97. The third-order valence-electron chi connectivity index (χ3n) is 3.97. The second-order valence-corrected chi connectivity index (χ2v) is 4.86. The van der Waals surface area contributed by atoms with Crippen LogP contribution in [0, 0.1) is 0 Å². The molecule has 16 heavy (non-hydrogen) atoms. The predicted molar refractivity (Wildman–Crippen MR) is 68.8 cm³/mol. The van der Waals surface area contributed by atoms with Crippen molar-refractivity contribution in [1.82, 2.24) is 10.2 Å². The SMILES string of the molecule is CCOCCN1CC(C)NCC1(CC)CC. The summed E-state index contributed by atoms with van der Waals surface area (Å²) < 4.78 is 5.49. The minimum atomic E-state index is 0.351. The fourth-order valence-corrected chi connectivity index (χ4v) is 2.66. The Morgan fingerprint density at radius 1 is 1.31 bits per heavy atom. The highest BCUT2D eigenvalue weighted by Gasteiger charge is 2.37. The second-order valence-electron chi connectivity index (χ2n) is 4.86. The molecular weight excluding hydrogens is 200 g/mol. The Bertz CT molecular complexity index is 192. The summed E-state index contributed by atoms with van der Waals surface area (Å²) in [5.74, 6) is 0. The van der Waals surface area contributed by atoms with E-state index in [1.165, 1.54) is 12.8 Å². The number of nitrogens with one attached hydrogen (secondary N) is 1. The largest absolute Gasteiger partial charge is 0.380 e. The molecule has 1 heterocycles. The van der Waals surface area contributed by atoms with E-state index in [0.717, 1.165) is 32.8 Å². The molecule has 0 saturated carbocycles. The molecule has 0 amide bonds. The van der Waals surface area contributed by atoms with E-state index >= 15 is 0 Å². The first-order valence-electron chi connectivity index (χ1n) is 6.74. The molecule has 0 aromatic rings. The molecule has 96 valence electrons. The molecule has 0 aromatic carbocycles. The van der Waals surface area contributed by atoms with Gasteiger partial charge in [0.15, 0.2) is 0 Å². The van der Waals surface area contributed by atoms with Gasteiger partial charge in [-0.3, -0.25) is 4.90 Å². The Morgan fingerprint density at radius 3 is 2.56 bits per heavy atom. The smallest absolute Gasteiger partial charge is 0.0593 e. The minimum Gasteiger partial charge on any atom is -0.380 e. The third kappa shape index (κ3) is 3.19. The van der Waals surface area contributed by atoms with Crippen molar-refractivity contribution in [2.45, 2.75) is 52.1 Å². The number of hydrogen-bond acceptors (Lipinski definition) is 3. The van der Waals surface area contributed by atoms with Gasteiger partial charge in [-0.1, -0.05) is 13.8 Å². The normalized spacial score (nSPS) is 25.9. The zero-order valence-corrected chi connectivity index (χ0v) is 11.4. The van der Waals surface area contributed by atoms with Crippen molar-refractivity contribution in [3.63, 3.8) is 0 Å². The Hall–Kier alpha value is -0.120. The van der Waals surface area contributed by atoms with E-state index in [2.05, 4.69) is 37.9 Å². The van der Waals surface area contributed by atoms with Crippen molar-refractivity contribution in [3.05, 3.63) is 0 Å². The van der Waals surface area contributed by atoms with Crippen LogP contribution in [-0.2, 0) is 4.74 Å². The van der Waals surface area contributed by atoms with Crippen LogP contribution in [0.2, 0.25) is 0 Å². The molecule has 1 atom stereocenters. The van der Waals surface area contributed by atoms with Gasteiger partial charge < -0.3 is 10.1 Å². The quantitative estimate of drug-likeness (QED) is 0.703. The van der Waals surface area contributed by atoms with E-state index in [-0.39, 0.29) is 0 Å². The van der Waals surface area contributed by atoms with E-state index in [1.807, 2.05) is 0 Å². The molecule has 1 unspecified atom stereocenters. The van der Waals surface area contributed by atoms with Crippen LogP contribution in [0.3, 0.4) is 0 Å². The summed E-state index contributed by atoms with van der Waals surface area (Å²) in [4.78, 5) is 2.63. The minimum absolute atomic E-state index is 0.351. The molecule has 0 aromatic heterocycles. The Labute approximate surface area is 101 Å². The van der Waals surface area contributed by atoms with Crippen LogP contribution >= 0.6 is 0 Å². The monoisotopic (exact) mass is 228 g/mol. The zero-order chi connectivity index (χ0) is 12.0. The first-order chi connectivity index (χ1) is 7.68. The van der Waals surface area contributed by atoms with Crippen LogP contribution in [0.15, 0.2) is 0 Å². The number of nitrogens with zero attached hydrogens (tertiary/aromatic N) is 1. The summed E-state index contributed by atoms with van der Waals surface area (Å²) in [6, 6.07) is 0.604. The van der Waals surface area contributed by atoms with Gasteiger partial charge in [0, 0.05) is 37.8 Å². The van der Waals surface area contributed by atoms with Crippen molar-refractivity contribution in [3.8, 4) is 0 Å². The maximum Gasteiger partial charge on any atom is 0.0593 e. The molecule has 3 heteroatoms. The molecule has 1 rings (SSSR count). The zero-order valence-electron chi connectivity index (χ0n) is 11.4. The molecule has 0 radical (unpaired) electrons. The molecular formula is C13H28N2O. The van der Waals surface area contributed by atoms with Gasteiger partial charge in [-0.05, 0) is 26.7 Å². The molecule has 0 aliphatic carbocycles. The summed E-state index contributed by atoms with van der Waals surface area (Å²) in [7, 11) is 0. The number of ether oxygens (including phenoxy) is 1. The lowest BCUT2D eigenvalue weighted by Gasteiger charge is -2.49. The summed E-state index contributed by atoms with van der Waals surface area (Å²) in [6.07, 6.45) is 2.44. The highest BCUT2D eigenvalue weighted by Crippen LogP contribution is 2.26. The van der Waals surface area contributed by atoms with Crippen LogP contribution in [0.1, 0.15) is 40.5 Å². The topological polar surface area (TPSA) is 24.5 Å². The van der Waals surface area contributed by atoms with E-state index < -0.39 is 0 Å². The number of hydrogen-bond donors (Lipinski definition) is 1. The lowest BCUT2D eigenvalue weighted by molar-refractivity contribution is 0.00891. The number of piperazine rings is 1. The number of rotatable bonds is 6. The second kappa shape index (κ2) is 6.58. The fraction of sp³-hybridized carbons (Fsp3) is 1.00. The maximum atomic E-state index is 5.49. The highest BCUT2D eigenvalue weighted by molar-refractivity contribution is 4.96. The van der Waals surface area contributed by atoms with Gasteiger partial charge in [0.05, 0.1) is 6.61 Å². The molecule has 1 saturated heterocycles. The molecule has 1 N–H and O–H groups in total. The van der Waals surface area contributed by atoms with Gasteiger partial charge in [0.2, 0.25) is 0 Å². The maximum absolute atomic E-state index is 5.49. The first-order valence-corrected chi connectivity index (χ1v) is 6.74. The first kappa shape index (κ1) is 13.9. The molecule has 1 fully saturated rings. The van der Waals surface area contributed by atoms with Crippen LogP contribution in [-0.4, -0.2) is 49.3 Å². The van der Waals surface area contributed by atoms with Gasteiger partial charge in [-0.25, -0.2) is 0 Å². The molecule has 1 aliphatic heterocycles. The van der Waals surface area contributed by atoms with E-state index in [4.69, 9.17) is 4.74 Å². The van der Waals surface area contributed by atoms with Crippen LogP contribution in [0.5, 0.6) is 0 Å². The van der Waals surface area contributed by atoms with Gasteiger partial charge in [0.1, 0.15) is 0 Å². The molecule has 0 bridgehead atoms. The Kier molecular flexibility index (Phi) is 5.73. The molecule has 3 nitrogen and oxygen atoms in total. The molecule has 0 spiro atoms. The van der Waals surface area contributed by atoms with Crippen molar-refractivity contribution in [2.24, 2.45) is 0 Å². The average molecular weight is 228 g/mol. The fourth-order valence-electron chi connectivity index (χ4n) is 2.66. The summed E-state index contributed by atoms with van der Waals surface area (Å²) in [5.41, 5.74) is 0.351. The van der Waals surface area contributed by atoms with Crippen molar-refractivity contribution in [2.75, 3.05) is 32.8 Å². The van der Waals surface area contributed by atoms with Gasteiger partial charge in [0.25, 0.3) is 0 Å². The van der Waals surface area contributed by atoms with Crippen LogP contribution in [0.25, 0.3) is 0 Å².